The standard InChI is InChI=1S/C12H9BrIN3O2/c13-7-3-9-10(17-12(18)16-9)4-8(7)15-5-6-1-2-11(14)19-6/h1-4,15H,5H2,(H2,16,17,18). The number of aromatic nitrogens is 2. The van der Waals surface area contributed by atoms with E-state index in [9.17, 15) is 4.79 Å². The van der Waals surface area contributed by atoms with E-state index in [-0.39, 0.29) is 5.69 Å². The summed E-state index contributed by atoms with van der Waals surface area (Å²) in [6.07, 6.45) is 0. The molecule has 0 aliphatic heterocycles. The van der Waals surface area contributed by atoms with Gasteiger partial charge >= 0.3 is 5.69 Å². The van der Waals surface area contributed by atoms with Crippen LogP contribution in [0.3, 0.4) is 0 Å². The Hall–Kier alpha value is -1.22. The quantitative estimate of drug-likeness (QED) is 0.554. The molecule has 19 heavy (non-hydrogen) atoms. The van der Waals surface area contributed by atoms with Gasteiger partial charge in [0.15, 0.2) is 3.77 Å². The van der Waals surface area contributed by atoms with Crippen LogP contribution in [0.4, 0.5) is 5.69 Å². The van der Waals surface area contributed by atoms with Gasteiger partial charge in [-0.25, -0.2) is 4.79 Å². The van der Waals surface area contributed by atoms with Gasteiger partial charge in [0.2, 0.25) is 0 Å². The van der Waals surface area contributed by atoms with Crippen molar-refractivity contribution in [1.82, 2.24) is 9.97 Å². The second kappa shape index (κ2) is 5.04. The van der Waals surface area contributed by atoms with Crippen LogP contribution in [-0.2, 0) is 6.54 Å². The lowest BCUT2D eigenvalue weighted by Gasteiger charge is -2.07. The number of furan rings is 1. The molecule has 0 radical (unpaired) electrons. The molecule has 7 heteroatoms. The van der Waals surface area contributed by atoms with Crippen LogP contribution in [0.25, 0.3) is 11.0 Å². The maximum Gasteiger partial charge on any atom is 0.323 e. The molecule has 98 valence electrons. The Balaban J connectivity index is 1.87. The Bertz CT molecular complexity index is 790. The van der Waals surface area contributed by atoms with Crippen LogP contribution in [0.2, 0.25) is 0 Å². The molecule has 0 aliphatic rings. The van der Waals surface area contributed by atoms with Gasteiger partial charge in [-0.05, 0) is 62.8 Å². The van der Waals surface area contributed by atoms with Crippen molar-refractivity contribution in [3.05, 3.63) is 48.7 Å². The van der Waals surface area contributed by atoms with Gasteiger partial charge in [-0.2, -0.15) is 0 Å². The van der Waals surface area contributed by atoms with Gasteiger partial charge in [0, 0.05) is 4.47 Å². The largest absolute Gasteiger partial charge is 0.454 e. The molecule has 2 aromatic heterocycles. The van der Waals surface area contributed by atoms with E-state index >= 15 is 0 Å². The van der Waals surface area contributed by atoms with Crippen LogP contribution in [-0.4, -0.2) is 9.97 Å². The first-order chi connectivity index (χ1) is 9.11. The highest BCUT2D eigenvalue weighted by Gasteiger charge is 2.06. The minimum atomic E-state index is -0.209. The maximum absolute atomic E-state index is 11.2. The molecule has 0 spiro atoms. The van der Waals surface area contributed by atoms with Crippen molar-refractivity contribution in [3.8, 4) is 0 Å². The van der Waals surface area contributed by atoms with E-state index < -0.39 is 0 Å². The van der Waals surface area contributed by atoms with Crippen LogP contribution < -0.4 is 11.0 Å². The molecule has 3 aromatic rings. The summed E-state index contributed by atoms with van der Waals surface area (Å²) in [6.45, 7) is 0.585. The van der Waals surface area contributed by atoms with Gasteiger partial charge in [0.25, 0.3) is 0 Å². The Labute approximate surface area is 130 Å². The van der Waals surface area contributed by atoms with Crippen molar-refractivity contribution >= 4 is 55.2 Å². The first-order valence-corrected chi connectivity index (χ1v) is 7.38. The Morgan fingerprint density at radius 3 is 2.68 bits per heavy atom. The highest BCUT2D eigenvalue weighted by atomic mass is 127. The zero-order valence-corrected chi connectivity index (χ0v) is 13.3. The van der Waals surface area contributed by atoms with E-state index in [1.807, 2.05) is 24.3 Å². The molecule has 3 rings (SSSR count). The molecule has 0 saturated carbocycles. The lowest BCUT2D eigenvalue weighted by atomic mass is 10.2. The van der Waals surface area contributed by atoms with Crippen LogP contribution in [0.15, 0.2) is 37.9 Å². The summed E-state index contributed by atoms with van der Waals surface area (Å²) >= 11 is 5.60. The maximum atomic E-state index is 11.2. The average Bonchev–Trinajstić information content (AvgIpc) is 2.91. The molecule has 0 amide bonds. The fourth-order valence-corrected chi connectivity index (χ4v) is 2.77. The number of halogens is 2. The molecular formula is C12H9BrIN3O2. The number of hydrogen-bond donors (Lipinski definition) is 3. The number of imidazole rings is 1. The summed E-state index contributed by atoms with van der Waals surface area (Å²) in [5.74, 6) is 0.860. The summed E-state index contributed by atoms with van der Waals surface area (Å²) < 4.78 is 7.23. The highest BCUT2D eigenvalue weighted by molar-refractivity contribution is 14.1. The van der Waals surface area contributed by atoms with Crippen molar-refractivity contribution in [1.29, 1.82) is 0 Å². The van der Waals surface area contributed by atoms with Crippen LogP contribution >= 0.6 is 38.5 Å². The normalized spacial score (nSPS) is 11.1. The molecular weight excluding hydrogens is 425 g/mol. The third kappa shape index (κ3) is 2.71. The van der Waals surface area contributed by atoms with E-state index in [0.29, 0.717) is 6.54 Å². The van der Waals surface area contributed by atoms with E-state index in [1.165, 1.54) is 0 Å². The van der Waals surface area contributed by atoms with Gasteiger partial charge in [-0.15, -0.1) is 0 Å². The van der Waals surface area contributed by atoms with Crippen molar-refractivity contribution in [2.45, 2.75) is 6.54 Å². The Morgan fingerprint density at radius 2 is 2.00 bits per heavy atom. The molecule has 0 saturated heterocycles. The predicted molar refractivity (Wildman–Crippen MR) is 85.4 cm³/mol. The number of benzene rings is 1. The number of fused-ring (bicyclic) bond motifs is 1. The topological polar surface area (TPSA) is 73.8 Å². The number of aromatic amines is 2. The Kier molecular flexibility index (Phi) is 3.40. The number of H-pyrrole nitrogens is 2. The van der Waals surface area contributed by atoms with Crippen molar-refractivity contribution in [2.24, 2.45) is 0 Å². The summed E-state index contributed by atoms with van der Waals surface area (Å²) in [6, 6.07) is 7.59. The molecule has 1 aromatic carbocycles. The van der Waals surface area contributed by atoms with Gasteiger partial charge < -0.3 is 19.7 Å². The summed E-state index contributed by atoms with van der Waals surface area (Å²) in [5.41, 5.74) is 2.23. The number of hydrogen-bond acceptors (Lipinski definition) is 3. The van der Waals surface area contributed by atoms with Crippen LogP contribution in [0, 0.1) is 3.77 Å². The van der Waals surface area contributed by atoms with Gasteiger partial charge in [0.1, 0.15) is 5.76 Å². The first-order valence-electron chi connectivity index (χ1n) is 5.51. The predicted octanol–water partition coefficient (Wildman–Crippen LogP) is 3.43. The van der Waals surface area contributed by atoms with Crippen LogP contribution in [0.5, 0.6) is 0 Å². The minimum absolute atomic E-state index is 0.209. The van der Waals surface area contributed by atoms with Gasteiger partial charge in [-0.1, -0.05) is 0 Å². The van der Waals surface area contributed by atoms with E-state index in [2.05, 4.69) is 53.8 Å². The second-order valence-corrected chi connectivity index (χ2v) is 5.93. The lowest BCUT2D eigenvalue weighted by molar-refractivity contribution is 0.493. The third-order valence-electron chi connectivity index (χ3n) is 2.69. The van der Waals surface area contributed by atoms with Crippen LogP contribution in [0.1, 0.15) is 5.76 Å². The molecule has 0 bridgehead atoms. The van der Waals surface area contributed by atoms with Gasteiger partial charge in [-0.3, -0.25) is 0 Å². The van der Waals surface area contributed by atoms with E-state index in [0.717, 1.165) is 30.7 Å². The van der Waals surface area contributed by atoms with Crippen molar-refractivity contribution in [2.75, 3.05) is 5.32 Å². The minimum Gasteiger partial charge on any atom is -0.454 e. The fourth-order valence-electron chi connectivity index (χ4n) is 1.82. The number of rotatable bonds is 3. The van der Waals surface area contributed by atoms with Crippen molar-refractivity contribution < 1.29 is 4.42 Å². The molecule has 5 nitrogen and oxygen atoms in total. The molecule has 0 unspecified atom stereocenters. The summed E-state index contributed by atoms with van der Waals surface area (Å²) in [5, 5.41) is 3.26. The molecule has 2 heterocycles. The zero-order valence-electron chi connectivity index (χ0n) is 9.59. The zero-order chi connectivity index (χ0) is 13.4. The number of anilines is 1. The molecule has 0 aliphatic carbocycles. The molecule has 0 fully saturated rings. The monoisotopic (exact) mass is 433 g/mol. The summed E-state index contributed by atoms with van der Waals surface area (Å²) in [4.78, 5) is 16.7. The summed E-state index contributed by atoms with van der Waals surface area (Å²) in [7, 11) is 0. The highest BCUT2D eigenvalue weighted by Crippen LogP contribution is 2.27. The smallest absolute Gasteiger partial charge is 0.323 e. The lowest BCUT2D eigenvalue weighted by Crippen LogP contribution is -1.99. The fraction of sp³-hybridized carbons (Fsp3) is 0.0833. The Morgan fingerprint density at radius 1 is 1.26 bits per heavy atom. The van der Waals surface area contributed by atoms with E-state index in [4.69, 9.17) is 4.42 Å². The van der Waals surface area contributed by atoms with Crippen molar-refractivity contribution in [3.63, 3.8) is 0 Å². The SMILES string of the molecule is O=c1[nH]c2cc(Br)c(NCc3ccc(I)o3)cc2[nH]1. The second-order valence-electron chi connectivity index (χ2n) is 4.02. The van der Waals surface area contributed by atoms with Gasteiger partial charge in [0.05, 0.1) is 23.3 Å². The number of nitrogens with one attached hydrogen (secondary N) is 3. The first kappa shape index (κ1) is 12.8. The average molecular weight is 434 g/mol. The third-order valence-corrected chi connectivity index (χ3v) is 3.92. The van der Waals surface area contributed by atoms with E-state index in [1.54, 1.807) is 0 Å². The molecule has 0 atom stereocenters. The molecule has 3 N–H and O–H groups in total.